The van der Waals surface area contributed by atoms with Gasteiger partial charge in [-0.2, -0.15) is 0 Å². The van der Waals surface area contributed by atoms with Gasteiger partial charge >= 0.3 is 6.09 Å². The third-order valence-corrected chi connectivity index (χ3v) is 4.56. The van der Waals surface area contributed by atoms with E-state index in [9.17, 15) is 9.59 Å². The number of hydrogen-bond acceptors (Lipinski definition) is 4. The molecule has 0 unspecified atom stereocenters. The number of ether oxygens (including phenoxy) is 1. The number of imidazole rings is 1. The van der Waals surface area contributed by atoms with E-state index in [-0.39, 0.29) is 5.91 Å². The van der Waals surface area contributed by atoms with Gasteiger partial charge in [0.25, 0.3) is 5.91 Å². The van der Waals surface area contributed by atoms with Gasteiger partial charge in [-0.05, 0) is 45.7 Å². The lowest BCUT2D eigenvalue weighted by atomic mass is 9.97. The van der Waals surface area contributed by atoms with Crippen LogP contribution in [-0.4, -0.2) is 39.1 Å². The van der Waals surface area contributed by atoms with Crippen molar-refractivity contribution in [3.8, 4) is 0 Å². The first-order valence-corrected chi connectivity index (χ1v) is 8.99. The van der Waals surface area contributed by atoms with Crippen molar-refractivity contribution in [2.45, 2.75) is 57.6 Å². The van der Waals surface area contributed by atoms with Crippen molar-refractivity contribution in [3.05, 3.63) is 36.3 Å². The molecule has 1 fully saturated rings. The summed E-state index contributed by atoms with van der Waals surface area (Å²) in [4.78, 5) is 28.9. The molecule has 0 saturated heterocycles. The Morgan fingerprint density at radius 1 is 1.27 bits per heavy atom. The molecular weight excluding hydrogens is 332 g/mol. The van der Waals surface area contributed by atoms with Crippen molar-refractivity contribution in [1.29, 1.82) is 0 Å². The molecule has 2 N–H and O–H groups in total. The second kappa shape index (κ2) is 6.97. The number of hydrogen-bond donors (Lipinski definition) is 2. The van der Waals surface area contributed by atoms with E-state index in [1.54, 1.807) is 18.5 Å². The van der Waals surface area contributed by atoms with Crippen LogP contribution in [-0.2, 0) is 4.74 Å². The molecule has 0 aromatic carbocycles. The predicted octanol–water partition coefficient (Wildman–Crippen LogP) is 2.90. The number of pyridine rings is 1. The van der Waals surface area contributed by atoms with Crippen LogP contribution in [0.1, 0.15) is 56.8 Å². The second-order valence-corrected chi connectivity index (χ2v) is 7.91. The van der Waals surface area contributed by atoms with E-state index in [0.29, 0.717) is 12.1 Å². The lowest BCUT2D eigenvalue weighted by Gasteiger charge is -2.31. The Hall–Kier alpha value is -2.57. The third kappa shape index (κ3) is 4.33. The number of amides is 2. The Bertz CT molecular complexity index is 800. The van der Waals surface area contributed by atoms with Crippen LogP contribution in [0.25, 0.3) is 5.65 Å². The monoisotopic (exact) mass is 358 g/mol. The quantitative estimate of drug-likeness (QED) is 0.880. The van der Waals surface area contributed by atoms with Crippen LogP contribution in [0.4, 0.5) is 4.79 Å². The molecule has 1 saturated carbocycles. The van der Waals surface area contributed by atoms with Crippen molar-refractivity contribution in [2.75, 3.05) is 6.54 Å². The number of nitrogens with zero attached hydrogens (tertiary/aromatic N) is 2. The van der Waals surface area contributed by atoms with Gasteiger partial charge < -0.3 is 19.8 Å². The van der Waals surface area contributed by atoms with Crippen molar-refractivity contribution in [3.63, 3.8) is 0 Å². The van der Waals surface area contributed by atoms with E-state index < -0.39 is 17.2 Å². The van der Waals surface area contributed by atoms with Gasteiger partial charge in [-0.25, -0.2) is 9.78 Å². The fraction of sp³-hybridized carbons (Fsp3) is 0.526. The Morgan fingerprint density at radius 3 is 2.69 bits per heavy atom. The molecule has 2 amide bonds. The minimum atomic E-state index is -0.545. The standard InChI is InChI=1S/C19H26N4O3/c1-18(2,3)26-17(25)21-13-19(8-4-5-9-19)22-16(24)14-6-7-15-20-10-11-23(15)12-14/h6-7,10-12H,4-5,8-9,13H2,1-3H3,(H,21,25)(H,22,24). The van der Waals surface area contributed by atoms with Gasteiger partial charge in [0.15, 0.2) is 0 Å². The van der Waals surface area contributed by atoms with Crippen LogP contribution in [0.3, 0.4) is 0 Å². The van der Waals surface area contributed by atoms with Gasteiger partial charge in [0.1, 0.15) is 11.2 Å². The van der Waals surface area contributed by atoms with Crippen molar-refractivity contribution >= 4 is 17.6 Å². The van der Waals surface area contributed by atoms with Gasteiger partial charge in [0.05, 0.1) is 11.1 Å². The zero-order chi connectivity index (χ0) is 18.8. The van der Waals surface area contributed by atoms with Crippen LogP contribution in [0, 0.1) is 0 Å². The number of carbonyl (C=O) groups excluding carboxylic acids is 2. The van der Waals surface area contributed by atoms with Crippen LogP contribution >= 0.6 is 0 Å². The van der Waals surface area contributed by atoms with Crippen molar-refractivity contribution < 1.29 is 14.3 Å². The maximum Gasteiger partial charge on any atom is 0.407 e. The number of rotatable bonds is 4. The Labute approximate surface area is 153 Å². The summed E-state index contributed by atoms with van der Waals surface area (Å²) in [6.07, 6.45) is 8.53. The summed E-state index contributed by atoms with van der Waals surface area (Å²) < 4.78 is 7.11. The highest BCUT2D eigenvalue weighted by atomic mass is 16.6. The Balaban J connectivity index is 1.67. The van der Waals surface area contributed by atoms with Gasteiger partial charge in [0, 0.05) is 25.1 Å². The molecule has 26 heavy (non-hydrogen) atoms. The molecule has 2 aromatic rings. The van der Waals surface area contributed by atoms with Crippen LogP contribution < -0.4 is 10.6 Å². The maximum absolute atomic E-state index is 12.8. The number of alkyl carbamates (subject to hydrolysis) is 1. The average Bonchev–Trinajstić information content (AvgIpc) is 3.20. The molecule has 0 bridgehead atoms. The topological polar surface area (TPSA) is 84.7 Å². The molecule has 3 rings (SSSR count). The molecule has 0 radical (unpaired) electrons. The van der Waals surface area contributed by atoms with Gasteiger partial charge in [0.2, 0.25) is 0 Å². The van der Waals surface area contributed by atoms with Crippen LogP contribution in [0.2, 0.25) is 0 Å². The molecular formula is C19H26N4O3. The van der Waals surface area contributed by atoms with E-state index in [1.165, 1.54) is 0 Å². The summed E-state index contributed by atoms with van der Waals surface area (Å²) in [5.41, 5.74) is 0.386. The third-order valence-electron chi connectivity index (χ3n) is 4.56. The lowest BCUT2D eigenvalue weighted by molar-refractivity contribution is 0.0505. The van der Waals surface area contributed by atoms with Gasteiger partial charge in [-0.1, -0.05) is 12.8 Å². The molecule has 0 atom stereocenters. The zero-order valence-electron chi connectivity index (χ0n) is 15.5. The predicted molar refractivity (Wildman–Crippen MR) is 98.1 cm³/mol. The fourth-order valence-corrected chi connectivity index (χ4v) is 3.32. The fourth-order valence-electron chi connectivity index (χ4n) is 3.32. The summed E-state index contributed by atoms with van der Waals surface area (Å²) >= 11 is 0. The summed E-state index contributed by atoms with van der Waals surface area (Å²) in [5, 5.41) is 5.95. The van der Waals surface area contributed by atoms with E-state index in [0.717, 1.165) is 31.3 Å². The first-order valence-electron chi connectivity index (χ1n) is 8.99. The van der Waals surface area contributed by atoms with E-state index in [4.69, 9.17) is 4.74 Å². The highest BCUT2D eigenvalue weighted by Crippen LogP contribution is 2.29. The normalized spacial score (nSPS) is 16.4. The maximum atomic E-state index is 12.8. The molecule has 7 heteroatoms. The first kappa shape index (κ1) is 18.2. The Kier molecular flexibility index (Phi) is 4.89. The highest BCUT2D eigenvalue weighted by molar-refractivity contribution is 5.94. The minimum Gasteiger partial charge on any atom is -0.444 e. The van der Waals surface area contributed by atoms with E-state index in [2.05, 4.69) is 15.6 Å². The number of aromatic nitrogens is 2. The molecule has 0 aliphatic heterocycles. The summed E-state index contributed by atoms with van der Waals surface area (Å²) in [7, 11) is 0. The molecule has 7 nitrogen and oxygen atoms in total. The second-order valence-electron chi connectivity index (χ2n) is 7.91. The Morgan fingerprint density at radius 2 is 2.00 bits per heavy atom. The van der Waals surface area contributed by atoms with Crippen LogP contribution in [0.15, 0.2) is 30.7 Å². The summed E-state index contributed by atoms with van der Waals surface area (Å²) in [5.74, 6) is -0.145. The summed E-state index contributed by atoms with van der Waals surface area (Å²) in [6.45, 7) is 5.84. The SMILES string of the molecule is CC(C)(C)OC(=O)NCC1(NC(=O)c2ccc3nccn3c2)CCCC1. The number of carbonyl (C=O) groups is 2. The van der Waals surface area contributed by atoms with E-state index >= 15 is 0 Å². The van der Waals surface area contributed by atoms with Crippen molar-refractivity contribution in [1.82, 2.24) is 20.0 Å². The lowest BCUT2D eigenvalue weighted by Crippen LogP contribution is -2.54. The molecule has 140 valence electrons. The highest BCUT2D eigenvalue weighted by Gasteiger charge is 2.36. The van der Waals surface area contributed by atoms with Crippen molar-refractivity contribution in [2.24, 2.45) is 0 Å². The van der Waals surface area contributed by atoms with E-state index in [1.807, 2.05) is 37.4 Å². The average molecular weight is 358 g/mol. The molecule has 1 aliphatic rings. The molecule has 0 spiro atoms. The number of nitrogens with one attached hydrogen (secondary N) is 2. The minimum absolute atomic E-state index is 0.145. The summed E-state index contributed by atoms with van der Waals surface area (Å²) in [6, 6.07) is 3.58. The smallest absolute Gasteiger partial charge is 0.407 e. The van der Waals surface area contributed by atoms with Crippen LogP contribution in [0.5, 0.6) is 0 Å². The number of fused-ring (bicyclic) bond motifs is 1. The largest absolute Gasteiger partial charge is 0.444 e. The molecule has 2 aromatic heterocycles. The molecule has 1 aliphatic carbocycles. The zero-order valence-corrected chi connectivity index (χ0v) is 15.5. The van der Waals surface area contributed by atoms with Gasteiger partial charge in [-0.3, -0.25) is 4.79 Å². The van der Waals surface area contributed by atoms with Gasteiger partial charge in [-0.15, -0.1) is 0 Å². The molecule has 2 heterocycles. The first-order chi connectivity index (χ1) is 12.3.